The van der Waals surface area contributed by atoms with Crippen molar-refractivity contribution >= 4 is 0 Å². The fourth-order valence-corrected chi connectivity index (χ4v) is 1.37. The summed E-state index contributed by atoms with van der Waals surface area (Å²) in [6.45, 7) is 5.77. The number of hydrogen-bond donors (Lipinski definition) is 0. The normalized spacial score (nSPS) is 22.5. The average molecular weight is 153 g/mol. The summed E-state index contributed by atoms with van der Waals surface area (Å²) in [6, 6.07) is 0.318. The van der Waals surface area contributed by atoms with Crippen molar-refractivity contribution in [3.8, 4) is 12.3 Å². The van der Waals surface area contributed by atoms with Crippen LogP contribution in [0, 0.1) is 12.3 Å². The maximum absolute atomic E-state index is 5.38. The lowest BCUT2D eigenvalue weighted by Gasteiger charge is -2.30. The Morgan fingerprint density at radius 2 is 2.18 bits per heavy atom. The van der Waals surface area contributed by atoms with Crippen molar-refractivity contribution in [1.29, 1.82) is 0 Å². The molecule has 1 unspecified atom stereocenters. The highest BCUT2D eigenvalue weighted by molar-refractivity contribution is 4.99. The molecule has 1 atom stereocenters. The Bertz CT molecular complexity index is 144. The SMILES string of the molecule is C#CC(CC)N1CCOCC1. The van der Waals surface area contributed by atoms with Gasteiger partial charge in [-0.25, -0.2) is 0 Å². The minimum Gasteiger partial charge on any atom is -0.379 e. The van der Waals surface area contributed by atoms with E-state index in [9.17, 15) is 0 Å². The van der Waals surface area contributed by atoms with Crippen LogP contribution in [-0.4, -0.2) is 37.2 Å². The van der Waals surface area contributed by atoms with E-state index in [-0.39, 0.29) is 0 Å². The number of ether oxygens (including phenoxy) is 1. The summed E-state index contributed by atoms with van der Waals surface area (Å²) in [5.41, 5.74) is 0. The van der Waals surface area contributed by atoms with Crippen LogP contribution >= 0.6 is 0 Å². The number of nitrogens with zero attached hydrogens (tertiary/aromatic N) is 1. The molecule has 2 heteroatoms. The number of morpholine rings is 1. The van der Waals surface area contributed by atoms with Gasteiger partial charge in [-0.15, -0.1) is 6.42 Å². The predicted octanol–water partition coefficient (Wildman–Crippen LogP) is 0.730. The lowest BCUT2D eigenvalue weighted by Crippen LogP contribution is -2.42. The highest BCUT2D eigenvalue weighted by Crippen LogP contribution is 2.05. The fraction of sp³-hybridized carbons (Fsp3) is 0.778. The molecule has 62 valence electrons. The minimum atomic E-state index is 0.318. The first-order valence-corrected chi connectivity index (χ1v) is 4.16. The maximum Gasteiger partial charge on any atom is 0.0710 e. The molecule has 0 aromatic carbocycles. The van der Waals surface area contributed by atoms with Crippen LogP contribution in [0.5, 0.6) is 0 Å². The maximum atomic E-state index is 5.38. The molecular weight excluding hydrogens is 138 g/mol. The molecule has 11 heavy (non-hydrogen) atoms. The van der Waals surface area contributed by atoms with E-state index in [0.717, 1.165) is 32.7 Å². The van der Waals surface area contributed by atoms with E-state index in [1.807, 2.05) is 0 Å². The third kappa shape index (κ3) is 2.21. The topological polar surface area (TPSA) is 12.5 Å². The number of hydrogen-bond acceptors (Lipinski definition) is 2. The highest BCUT2D eigenvalue weighted by Gasteiger charge is 2.16. The molecule has 0 saturated carbocycles. The second-order valence-corrected chi connectivity index (χ2v) is 2.74. The molecule has 1 saturated heterocycles. The predicted molar refractivity (Wildman–Crippen MR) is 45.3 cm³/mol. The zero-order valence-electron chi connectivity index (χ0n) is 7.05. The summed E-state index contributed by atoms with van der Waals surface area (Å²) in [4.78, 5) is 2.31. The molecule has 0 N–H and O–H groups in total. The Balaban J connectivity index is 2.38. The number of terminal acetylenes is 1. The summed E-state index contributed by atoms with van der Waals surface area (Å²) >= 11 is 0. The third-order valence-electron chi connectivity index (χ3n) is 2.07. The van der Waals surface area contributed by atoms with Crippen LogP contribution in [0.3, 0.4) is 0 Å². The van der Waals surface area contributed by atoms with Crippen molar-refractivity contribution < 1.29 is 4.74 Å². The average Bonchev–Trinajstić information content (AvgIpc) is 2.09. The van der Waals surface area contributed by atoms with Crippen LogP contribution in [0.1, 0.15) is 13.3 Å². The monoisotopic (exact) mass is 153 g/mol. The van der Waals surface area contributed by atoms with E-state index in [2.05, 4.69) is 17.7 Å². The van der Waals surface area contributed by atoms with Gasteiger partial charge in [0, 0.05) is 13.1 Å². The van der Waals surface area contributed by atoms with Crippen LogP contribution in [0.25, 0.3) is 0 Å². The molecule has 2 nitrogen and oxygen atoms in total. The first kappa shape index (κ1) is 8.58. The van der Waals surface area contributed by atoms with E-state index >= 15 is 0 Å². The summed E-state index contributed by atoms with van der Waals surface area (Å²) in [5.74, 6) is 2.79. The largest absolute Gasteiger partial charge is 0.379 e. The second-order valence-electron chi connectivity index (χ2n) is 2.74. The van der Waals surface area contributed by atoms with E-state index < -0.39 is 0 Å². The quantitative estimate of drug-likeness (QED) is 0.542. The standard InChI is InChI=1S/C9H15NO/c1-3-9(4-2)10-5-7-11-8-6-10/h1,9H,4-8H2,2H3. The van der Waals surface area contributed by atoms with Crippen molar-refractivity contribution in [2.45, 2.75) is 19.4 Å². The Morgan fingerprint density at radius 1 is 1.55 bits per heavy atom. The Hall–Kier alpha value is -0.520. The molecule has 0 aromatic rings. The van der Waals surface area contributed by atoms with Gasteiger partial charge < -0.3 is 4.74 Å². The van der Waals surface area contributed by atoms with Gasteiger partial charge in [0.2, 0.25) is 0 Å². The molecule has 1 aliphatic heterocycles. The molecule has 1 fully saturated rings. The van der Waals surface area contributed by atoms with Gasteiger partial charge in [-0.3, -0.25) is 4.90 Å². The first-order valence-electron chi connectivity index (χ1n) is 4.16. The van der Waals surface area contributed by atoms with E-state index in [1.165, 1.54) is 0 Å². The van der Waals surface area contributed by atoms with Gasteiger partial charge in [-0.2, -0.15) is 0 Å². The zero-order valence-corrected chi connectivity index (χ0v) is 7.05. The molecule has 0 bridgehead atoms. The van der Waals surface area contributed by atoms with Crippen molar-refractivity contribution in [3.63, 3.8) is 0 Å². The third-order valence-corrected chi connectivity index (χ3v) is 2.07. The van der Waals surface area contributed by atoms with E-state index in [4.69, 9.17) is 11.2 Å². The van der Waals surface area contributed by atoms with Gasteiger partial charge in [0.05, 0.1) is 19.3 Å². The molecule has 0 aliphatic carbocycles. The molecule has 1 rings (SSSR count). The smallest absolute Gasteiger partial charge is 0.0710 e. The summed E-state index contributed by atoms with van der Waals surface area (Å²) in [7, 11) is 0. The van der Waals surface area contributed by atoms with E-state index in [0.29, 0.717) is 6.04 Å². The summed E-state index contributed by atoms with van der Waals surface area (Å²) in [5, 5.41) is 0. The summed E-state index contributed by atoms with van der Waals surface area (Å²) in [6.07, 6.45) is 6.42. The molecule has 0 amide bonds. The first-order chi connectivity index (χ1) is 5.38. The molecule has 1 heterocycles. The van der Waals surface area contributed by atoms with Gasteiger partial charge in [-0.1, -0.05) is 12.8 Å². The Kier molecular flexibility index (Phi) is 3.41. The van der Waals surface area contributed by atoms with Crippen molar-refractivity contribution in [2.75, 3.05) is 26.3 Å². The Morgan fingerprint density at radius 3 is 2.64 bits per heavy atom. The molecule has 0 spiro atoms. The van der Waals surface area contributed by atoms with Crippen LogP contribution in [0.2, 0.25) is 0 Å². The summed E-state index contributed by atoms with van der Waals surface area (Å²) < 4.78 is 5.23. The van der Waals surface area contributed by atoms with Gasteiger partial charge in [0.25, 0.3) is 0 Å². The molecule has 1 aliphatic rings. The van der Waals surface area contributed by atoms with Crippen LogP contribution in [0.4, 0.5) is 0 Å². The van der Waals surface area contributed by atoms with Gasteiger partial charge in [0.1, 0.15) is 0 Å². The van der Waals surface area contributed by atoms with Crippen LogP contribution < -0.4 is 0 Å². The molecule has 0 radical (unpaired) electrons. The van der Waals surface area contributed by atoms with Gasteiger partial charge in [0.15, 0.2) is 0 Å². The van der Waals surface area contributed by atoms with Crippen molar-refractivity contribution in [2.24, 2.45) is 0 Å². The lowest BCUT2D eigenvalue weighted by molar-refractivity contribution is 0.0267. The van der Waals surface area contributed by atoms with Crippen molar-refractivity contribution in [3.05, 3.63) is 0 Å². The lowest BCUT2D eigenvalue weighted by atomic mass is 10.2. The van der Waals surface area contributed by atoms with Crippen LogP contribution in [0.15, 0.2) is 0 Å². The van der Waals surface area contributed by atoms with Gasteiger partial charge >= 0.3 is 0 Å². The van der Waals surface area contributed by atoms with Crippen molar-refractivity contribution in [1.82, 2.24) is 4.90 Å². The fourth-order valence-electron chi connectivity index (χ4n) is 1.37. The minimum absolute atomic E-state index is 0.318. The van der Waals surface area contributed by atoms with E-state index in [1.54, 1.807) is 0 Å². The zero-order chi connectivity index (χ0) is 8.10. The Labute approximate surface area is 68.5 Å². The van der Waals surface area contributed by atoms with Crippen LogP contribution in [-0.2, 0) is 4.74 Å². The molecular formula is C9H15NO. The molecule has 0 aromatic heterocycles. The second kappa shape index (κ2) is 4.38. The number of rotatable bonds is 2. The van der Waals surface area contributed by atoms with Gasteiger partial charge in [-0.05, 0) is 6.42 Å². The highest BCUT2D eigenvalue weighted by atomic mass is 16.5.